The van der Waals surface area contributed by atoms with E-state index in [0.717, 1.165) is 22.6 Å². The van der Waals surface area contributed by atoms with Gasteiger partial charge in [0.1, 0.15) is 0 Å². The van der Waals surface area contributed by atoms with E-state index >= 15 is 0 Å². The molecule has 0 unspecified atom stereocenters. The molecule has 0 spiro atoms. The molecule has 1 aromatic carbocycles. The lowest BCUT2D eigenvalue weighted by Crippen LogP contribution is -2.29. The summed E-state index contributed by atoms with van der Waals surface area (Å²) in [6.45, 7) is 0.926. The molecular weight excluding hydrogens is 375 g/mol. The standard InChI is InChI=1S/C20H18F3NO2S/c21-20(22,23)17-6-3-15(4-7-17)5-8-19(25)24(12-16-9-10-26-14-16)13-18-2-1-11-27-18/h1-4,6-7,9-11,14H,5,8,12-13H2. The normalized spacial score (nSPS) is 11.5. The fourth-order valence-corrected chi connectivity index (χ4v) is 3.42. The number of hydrogen-bond donors (Lipinski definition) is 0. The third-order valence-electron chi connectivity index (χ3n) is 4.14. The molecule has 0 aliphatic heterocycles. The van der Waals surface area contributed by atoms with Crippen molar-refractivity contribution in [2.24, 2.45) is 0 Å². The Morgan fingerprint density at radius 3 is 2.41 bits per heavy atom. The Hall–Kier alpha value is -2.54. The van der Waals surface area contributed by atoms with Crippen molar-refractivity contribution in [2.45, 2.75) is 32.1 Å². The molecule has 2 aromatic heterocycles. The molecule has 0 atom stereocenters. The fraction of sp³-hybridized carbons (Fsp3) is 0.250. The van der Waals surface area contributed by atoms with Gasteiger partial charge in [-0.05, 0) is 41.6 Å². The number of hydrogen-bond acceptors (Lipinski definition) is 3. The van der Waals surface area contributed by atoms with E-state index in [9.17, 15) is 18.0 Å². The summed E-state index contributed by atoms with van der Waals surface area (Å²) >= 11 is 1.58. The molecule has 0 saturated carbocycles. The van der Waals surface area contributed by atoms with Crippen molar-refractivity contribution in [3.8, 4) is 0 Å². The van der Waals surface area contributed by atoms with Crippen LogP contribution in [0.2, 0.25) is 0 Å². The van der Waals surface area contributed by atoms with Crippen LogP contribution < -0.4 is 0 Å². The predicted octanol–water partition coefficient (Wildman–Crippen LogP) is 5.52. The summed E-state index contributed by atoms with van der Waals surface area (Å²) in [6, 6.07) is 10.7. The van der Waals surface area contributed by atoms with Crippen molar-refractivity contribution in [3.63, 3.8) is 0 Å². The van der Waals surface area contributed by atoms with Gasteiger partial charge in [-0.3, -0.25) is 4.79 Å². The second-order valence-corrected chi connectivity index (χ2v) is 7.19. The number of amides is 1. The van der Waals surface area contributed by atoms with Crippen LogP contribution in [0.25, 0.3) is 0 Å². The zero-order chi connectivity index (χ0) is 19.3. The van der Waals surface area contributed by atoms with Gasteiger partial charge in [-0.25, -0.2) is 0 Å². The van der Waals surface area contributed by atoms with Gasteiger partial charge in [0, 0.05) is 23.4 Å². The summed E-state index contributed by atoms with van der Waals surface area (Å²) in [5.41, 5.74) is 0.919. The number of halogens is 3. The maximum Gasteiger partial charge on any atom is 0.416 e. The molecule has 3 rings (SSSR count). The van der Waals surface area contributed by atoms with Crippen LogP contribution in [0.3, 0.4) is 0 Å². The summed E-state index contributed by atoms with van der Waals surface area (Å²) in [6.07, 6.45) is -0.565. The molecule has 0 fully saturated rings. The van der Waals surface area contributed by atoms with Crippen LogP contribution in [0, 0.1) is 0 Å². The van der Waals surface area contributed by atoms with E-state index in [-0.39, 0.29) is 12.3 Å². The lowest BCUT2D eigenvalue weighted by molar-refractivity contribution is -0.137. The number of carbonyl (C=O) groups excluding carboxylic acids is 1. The third-order valence-corrected chi connectivity index (χ3v) is 5.00. The number of nitrogens with zero attached hydrogens (tertiary/aromatic N) is 1. The van der Waals surface area contributed by atoms with Crippen LogP contribution >= 0.6 is 11.3 Å². The lowest BCUT2D eigenvalue weighted by Gasteiger charge is -2.21. The Labute approximate surface area is 159 Å². The van der Waals surface area contributed by atoms with Gasteiger partial charge < -0.3 is 9.32 Å². The highest BCUT2D eigenvalue weighted by Crippen LogP contribution is 2.29. The molecular formula is C20H18F3NO2S. The van der Waals surface area contributed by atoms with Gasteiger partial charge in [-0.2, -0.15) is 13.2 Å². The van der Waals surface area contributed by atoms with Gasteiger partial charge in [0.25, 0.3) is 0 Å². The van der Waals surface area contributed by atoms with Crippen molar-refractivity contribution < 1.29 is 22.4 Å². The first-order valence-corrected chi connectivity index (χ1v) is 9.27. The Bertz CT molecular complexity index is 804. The minimum atomic E-state index is -4.35. The number of benzene rings is 1. The molecule has 0 bridgehead atoms. The van der Waals surface area contributed by atoms with Crippen LogP contribution in [0.5, 0.6) is 0 Å². The number of thiophene rings is 1. The SMILES string of the molecule is O=C(CCc1ccc(C(F)(F)F)cc1)N(Cc1ccoc1)Cc1cccs1. The minimum Gasteiger partial charge on any atom is -0.472 e. The zero-order valence-corrected chi connectivity index (χ0v) is 15.2. The second kappa shape index (κ2) is 8.43. The predicted molar refractivity (Wildman–Crippen MR) is 97.0 cm³/mol. The van der Waals surface area contributed by atoms with Crippen LogP contribution in [-0.2, 0) is 30.5 Å². The second-order valence-electron chi connectivity index (χ2n) is 6.16. The van der Waals surface area contributed by atoms with E-state index in [0.29, 0.717) is 25.1 Å². The van der Waals surface area contributed by atoms with Gasteiger partial charge in [0.05, 0.1) is 24.6 Å². The molecule has 3 aromatic rings. The van der Waals surface area contributed by atoms with Gasteiger partial charge in [-0.1, -0.05) is 18.2 Å². The van der Waals surface area contributed by atoms with Gasteiger partial charge in [0.2, 0.25) is 5.91 Å². The van der Waals surface area contributed by atoms with Gasteiger partial charge in [-0.15, -0.1) is 11.3 Å². The Balaban J connectivity index is 1.63. The molecule has 0 aliphatic carbocycles. The molecule has 0 radical (unpaired) electrons. The van der Waals surface area contributed by atoms with Crippen molar-refractivity contribution in [1.29, 1.82) is 0 Å². The third kappa shape index (κ3) is 5.47. The monoisotopic (exact) mass is 393 g/mol. The lowest BCUT2D eigenvalue weighted by atomic mass is 10.1. The van der Waals surface area contributed by atoms with Crippen molar-refractivity contribution in [3.05, 3.63) is 81.9 Å². The number of alkyl halides is 3. The van der Waals surface area contributed by atoms with E-state index in [1.54, 1.807) is 28.8 Å². The van der Waals surface area contributed by atoms with E-state index in [2.05, 4.69) is 0 Å². The molecule has 0 aliphatic rings. The summed E-state index contributed by atoms with van der Waals surface area (Å²) in [5, 5.41) is 1.96. The highest BCUT2D eigenvalue weighted by molar-refractivity contribution is 7.09. The molecule has 0 N–H and O–H groups in total. The van der Waals surface area contributed by atoms with Crippen molar-refractivity contribution >= 4 is 17.2 Å². The highest BCUT2D eigenvalue weighted by Gasteiger charge is 2.29. The maximum atomic E-state index is 12.7. The molecule has 3 nitrogen and oxygen atoms in total. The van der Waals surface area contributed by atoms with E-state index in [1.807, 2.05) is 23.6 Å². The smallest absolute Gasteiger partial charge is 0.416 e. The van der Waals surface area contributed by atoms with Crippen molar-refractivity contribution in [2.75, 3.05) is 0 Å². The van der Waals surface area contributed by atoms with E-state index < -0.39 is 11.7 Å². The van der Waals surface area contributed by atoms with Crippen LogP contribution in [-0.4, -0.2) is 10.8 Å². The van der Waals surface area contributed by atoms with Crippen molar-refractivity contribution in [1.82, 2.24) is 4.90 Å². The first-order chi connectivity index (χ1) is 12.9. The summed E-state index contributed by atoms with van der Waals surface area (Å²) in [4.78, 5) is 15.5. The summed E-state index contributed by atoms with van der Waals surface area (Å²) in [7, 11) is 0. The maximum absolute atomic E-state index is 12.7. The number of furan rings is 1. The Morgan fingerprint density at radius 2 is 1.81 bits per heavy atom. The molecule has 1 amide bonds. The van der Waals surface area contributed by atoms with Crippen LogP contribution in [0.1, 0.15) is 28.0 Å². The molecule has 2 heterocycles. The molecule has 7 heteroatoms. The highest BCUT2D eigenvalue weighted by atomic mass is 32.1. The summed E-state index contributed by atoms with van der Waals surface area (Å²) in [5.74, 6) is -0.0514. The fourth-order valence-electron chi connectivity index (χ4n) is 2.70. The minimum absolute atomic E-state index is 0.0514. The molecule has 0 saturated heterocycles. The number of carbonyl (C=O) groups is 1. The molecule has 142 valence electrons. The number of aryl methyl sites for hydroxylation is 1. The quantitative estimate of drug-likeness (QED) is 0.529. The van der Waals surface area contributed by atoms with Gasteiger partial charge >= 0.3 is 6.18 Å². The van der Waals surface area contributed by atoms with Gasteiger partial charge in [0.15, 0.2) is 0 Å². The summed E-state index contributed by atoms with van der Waals surface area (Å²) < 4.78 is 43.0. The largest absolute Gasteiger partial charge is 0.472 e. The molecule has 27 heavy (non-hydrogen) atoms. The average Bonchev–Trinajstić information content (AvgIpc) is 3.33. The first-order valence-electron chi connectivity index (χ1n) is 8.39. The average molecular weight is 393 g/mol. The topological polar surface area (TPSA) is 33.5 Å². The van der Waals surface area contributed by atoms with Crippen LogP contribution in [0.4, 0.5) is 13.2 Å². The Morgan fingerprint density at radius 1 is 1.04 bits per heavy atom. The zero-order valence-electron chi connectivity index (χ0n) is 14.4. The Kier molecular flexibility index (Phi) is 6.01. The number of rotatable bonds is 7. The van der Waals surface area contributed by atoms with E-state index in [1.165, 1.54) is 12.1 Å². The van der Waals surface area contributed by atoms with Crippen LogP contribution in [0.15, 0.2) is 64.8 Å². The van der Waals surface area contributed by atoms with E-state index in [4.69, 9.17) is 4.42 Å². The first kappa shape index (κ1) is 19.2.